The van der Waals surface area contributed by atoms with Crippen LogP contribution in [0.3, 0.4) is 0 Å². The van der Waals surface area contributed by atoms with Crippen molar-refractivity contribution in [1.29, 1.82) is 0 Å². The van der Waals surface area contributed by atoms with E-state index in [1.807, 2.05) is 0 Å². The van der Waals surface area contributed by atoms with Crippen LogP contribution in [0.25, 0.3) is 0 Å². The fourth-order valence-electron chi connectivity index (χ4n) is 1.84. The summed E-state index contributed by atoms with van der Waals surface area (Å²) >= 11 is 0. The van der Waals surface area contributed by atoms with Gasteiger partial charge in [-0.3, -0.25) is 0 Å². The van der Waals surface area contributed by atoms with E-state index < -0.39 is 0 Å². The molecule has 0 atom stereocenters. The molecule has 0 amide bonds. The van der Waals surface area contributed by atoms with Gasteiger partial charge in [-0.2, -0.15) is 4.98 Å². The van der Waals surface area contributed by atoms with Gasteiger partial charge in [0.25, 0.3) is 6.01 Å². The molecule has 1 fully saturated rings. The molecule has 0 bridgehead atoms. The van der Waals surface area contributed by atoms with Crippen molar-refractivity contribution < 1.29 is 4.42 Å². The van der Waals surface area contributed by atoms with Crippen molar-refractivity contribution in [3.8, 4) is 0 Å². The van der Waals surface area contributed by atoms with Crippen LogP contribution >= 0.6 is 0 Å². The maximum atomic E-state index is 5.55. The van der Waals surface area contributed by atoms with E-state index in [9.17, 15) is 0 Å². The first-order valence-electron chi connectivity index (χ1n) is 6.61. The maximum Gasteiger partial charge on any atom is 0.297 e. The van der Waals surface area contributed by atoms with Crippen LogP contribution < -0.4 is 10.2 Å². The number of nitrogens with one attached hydrogen (secondary N) is 1. The van der Waals surface area contributed by atoms with Gasteiger partial charge in [0.1, 0.15) is 6.26 Å². The molecule has 0 aromatic carbocycles. The lowest BCUT2D eigenvalue weighted by atomic mass is 10.2. The summed E-state index contributed by atoms with van der Waals surface area (Å²) in [5, 5.41) is 3.44. The molecule has 17 heavy (non-hydrogen) atoms. The van der Waals surface area contributed by atoms with Gasteiger partial charge in [0.2, 0.25) is 0 Å². The van der Waals surface area contributed by atoms with Gasteiger partial charge in [-0.05, 0) is 25.7 Å². The first-order chi connectivity index (χ1) is 8.19. The lowest BCUT2D eigenvalue weighted by molar-refractivity contribution is 0.511. The Kier molecular flexibility index (Phi) is 4.05. The van der Waals surface area contributed by atoms with Gasteiger partial charge in [-0.15, -0.1) is 0 Å². The molecule has 4 nitrogen and oxygen atoms in total. The second-order valence-corrected chi connectivity index (χ2v) is 5.21. The molecule has 0 spiro atoms. The summed E-state index contributed by atoms with van der Waals surface area (Å²) in [6.07, 6.45) is 4.38. The molecular weight excluding hydrogens is 214 g/mol. The Morgan fingerprint density at radius 2 is 2.29 bits per heavy atom. The number of rotatable bonds is 7. The van der Waals surface area contributed by atoms with E-state index in [0.29, 0.717) is 12.0 Å². The number of anilines is 1. The third-order valence-corrected chi connectivity index (χ3v) is 2.93. The highest BCUT2D eigenvalue weighted by atomic mass is 16.4. The zero-order chi connectivity index (χ0) is 12.3. The quantitative estimate of drug-likeness (QED) is 0.790. The molecule has 2 rings (SSSR count). The Morgan fingerprint density at radius 1 is 1.53 bits per heavy atom. The van der Waals surface area contributed by atoms with Crippen molar-refractivity contribution in [1.82, 2.24) is 10.3 Å². The molecule has 0 radical (unpaired) electrons. The van der Waals surface area contributed by atoms with Crippen LogP contribution in [-0.2, 0) is 6.54 Å². The summed E-state index contributed by atoms with van der Waals surface area (Å²) in [6, 6.07) is 1.47. The van der Waals surface area contributed by atoms with Gasteiger partial charge in [0.15, 0.2) is 0 Å². The largest absolute Gasteiger partial charge is 0.432 e. The normalized spacial score (nSPS) is 15.5. The highest BCUT2D eigenvalue weighted by Crippen LogP contribution is 2.20. The number of hydrogen-bond acceptors (Lipinski definition) is 4. The van der Waals surface area contributed by atoms with Crippen LogP contribution in [0.1, 0.15) is 39.3 Å². The first kappa shape index (κ1) is 12.4. The Morgan fingerprint density at radius 3 is 2.88 bits per heavy atom. The number of hydrogen-bond donors (Lipinski definition) is 1. The average molecular weight is 237 g/mol. The van der Waals surface area contributed by atoms with Crippen LogP contribution in [0.5, 0.6) is 0 Å². The minimum atomic E-state index is 0.620. The van der Waals surface area contributed by atoms with E-state index in [-0.39, 0.29) is 0 Å². The standard InChI is InChI=1S/C13H23N3O/c1-4-16(8-10(2)3)13-15-12(9-17-13)7-14-11-5-6-11/h9-11,14H,4-8H2,1-3H3. The van der Waals surface area contributed by atoms with E-state index in [2.05, 4.69) is 36.0 Å². The summed E-state index contributed by atoms with van der Waals surface area (Å²) in [6.45, 7) is 9.31. The van der Waals surface area contributed by atoms with Crippen molar-refractivity contribution in [3.05, 3.63) is 12.0 Å². The predicted octanol–water partition coefficient (Wildman–Crippen LogP) is 2.41. The summed E-state index contributed by atoms with van der Waals surface area (Å²) in [5.74, 6) is 0.620. The van der Waals surface area contributed by atoms with Crippen molar-refractivity contribution in [2.45, 2.75) is 46.2 Å². The van der Waals surface area contributed by atoms with Crippen molar-refractivity contribution in [2.75, 3.05) is 18.0 Å². The van der Waals surface area contributed by atoms with Crippen LogP contribution in [-0.4, -0.2) is 24.1 Å². The molecule has 0 aliphatic heterocycles. The van der Waals surface area contributed by atoms with Crippen molar-refractivity contribution in [2.24, 2.45) is 5.92 Å². The van der Waals surface area contributed by atoms with Gasteiger partial charge >= 0.3 is 0 Å². The number of nitrogens with zero attached hydrogens (tertiary/aromatic N) is 2. The van der Waals surface area contributed by atoms with Gasteiger partial charge < -0.3 is 14.6 Å². The third-order valence-electron chi connectivity index (χ3n) is 2.93. The van der Waals surface area contributed by atoms with Gasteiger partial charge in [-0.25, -0.2) is 0 Å². The average Bonchev–Trinajstić information content (AvgIpc) is 3.01. The summed E-state index contributed by atoms with van der Waals surface area (Å²) < 4.78 is 5.55. The van der Waals surface area contributed by atoms with Gasteiger partial charge in [0.05, 0.1) is 5.69 Å². The smallest absolute Gasteiger partial charge is 0.297 e. The molecule has 0 unspecified atom stereocenters. The molecule has 1 saturated carbocycles. The topological polar surface area (TPSA) is 41.3 Å². The fraction of sp³-hybridized carbons (Fsp3) is 0.769. The van der Waals surface area contributed by atoms with E-state index >= 15 is 0 Å². The number of aromatic nitrogens is 1. The lowest BCUT2D eigenvalue weighted by Gasteiger charge is -2.20. The van der Waals surface area contributed by atoms with Crippen molar-refractivity contribution >= 4 is 6.01 Å². The first-order valence-corrected chi connectivity index (χ1v) is 6.61. The van der Waals surface area contributed by atoms with Crippen LogP contribution in [0.15, 0.2) is 10.7 Å². The molecule has 1 aliphatic rings. The molecule has 96 valence electrons. The Labute approximate surface area is 103 Å². The lowest BCUT2D eigenvalue weighted by Crippen LogP contribution is -2.27. The minimum absolute atomic E-state index is 0.620. The molecule has 1 aromatic rings. The summed E-state index contributed by atoms with van der Waals surface area (Å²) in [5.41, 5.74) is 1.01. The Balaban J connectivity index is 1.89. The highest BCUT2D eigenvalue weighted by molar-refractivity contribution is 5.26. The van der Waals surface area contributed by atoms with Crippen molar-refractivity contribution in [3.63, 3.8) is 0 Å². The zero-order valence-electron chi connectivity index (χ0n) is 11.1. The molecule has 1 aromatic heterocycles. The second kappa shape index (κ2) is 5.54. The molecule has 1 aliphatic carbocycles. The van der Waals surface area contributed by atoms with E-state index in [0.717, 1.165) is 31.3 Å². The highest BCUT2D eigenvalue weighted by Gasteiger charge is 2.21. The summed E-state index contributed by atoms with van der Waals surface area (Å²) in [7, 11) is 0. The van der Waals surface area contributed by atoms with Gasteiger partial charge in [0, 0.05) is 25.7 Å². The zero-order valence-corrected chi connectivity index (χ0v) is 11.1. The second-order valence-electron chi connectivity index (χ2n) is 5.21. The molecule has 4 heteroatoms. The Hall–Kier alpha value is -1.03. The SMILES string of the molecule is CCN(CC(C)C)c1nc(CNC2CC2)co1. The predicted molar refractivity (Wildman–Crippen MR) is 69.1 cm³/mol. The third kappa shape index (κ3) is 3.73. The van der Waals surface area contributed by atoms with Gasteiger partial charge in [-0.1, -0.05) is 13.8 Å². The van der Waals surface area contributed by atoms with Crippen LogP contribution in [0.2, 0.25) is 0 Å². The summed E-state index contributed by atoms with van der Waals surface area (Å²) in [4.78, 5) is 6.72. The van der Waals surface area contributed by atoms with Crippen LogP contribution in [0, 0.1) is 5.92 Å². The minimum Gasteiger partial charge on any atom is -0.432 e. The number of oxazole rings is 1. The van der Waals surface area contributed by atoms with E-state index in [1.165, 1.54) is 12.8 Å². The molecular formula is C13H23N3O. The fourth-order valence-corrected chi connectivity index (χ4v) is 1.84. The molecule has 1 heterocycles. The molecule has 1 N–H and O–H groups in total. The maximum absolute atomic E-state index is 5.55. The molecule has 0 saturated heterocycles. The van der Waals surface area contributed by atoms with E-state index in [1.54, 1.807) is 6.26 Å². The Bertz CT molecular complexity index is 344. The van der Waals surface area contributed by atoms with Crippen LogP contribution in [0.4, 0.5) is 6.01 Å². The monoisotopic (exact) mass is 237 g/mol. The van der Waals surface area contributed by atoms with E-state index in [4.69, 9.17) is 4.42 Å².